The van der Waals surface area contributed by atoms with Crippen LogP contribution in [-0.2, 0) is 25.8 Å². The zero-order valence-electron chi connectivity index (χ0n) is 18.7. The molecule has 2 aromatic heterocycles. The van der Waals surface area contributed by atoms with Crippen LogP contribution in [0.1, 0.15) is 23.1 Å². The first-order valence-electron chi connectivity index (χ1n) is 10.4. The summed E-state index contributed by atoms with van der Waals surface area (Å²) in [6.07, 6.45) is 2.99. The summed E-state index contributed by atoms with van der Waals surface area (Å²) in [5.41, 5.74) is 5.60. The van der Waals surface area contributed by atoms with E-state index in [4.69, 9.17) is 10.6 Å². The quantitative estimate of drug-likeness (QED) is 0.137. The number of nitrogens with zero attached hydrogens (tertiary/aromatic N) is 5. The fraction of sp³-hybridized carbons (Fsp3) is 0.300. The number of aromatic carboxylic acids is 1. The summed E-state index contributed by atoms with van der Waals surface area (Å²) in [5.74, 6) is -3.61. The zero-order valence-corrected chi connectivity index (χ0v) is 20.3. The number of anilines is 1. The second-order valence-corrected chi connectivity index (χ2v) is 9.39. The van der Waals surface area contributed by atoms with Gasteiger partial charge in [-0.15, -0.1) is 11.8 Å². The molecule has 2 atom stereocenters. The van der Waals surface area contributed by atoms with Gasteiger partial charge in [0.05, 0.1) is 0 Å². The van der Waals surface area contributed by atoms with Gasteiger partial charge < -0.3 is 26.1 Å². The Labute approximate surface area is 211 Å². The van der Waals surface area contributed by atoms with E-state index < -0.39 is 35.2 Å². The topological polar surface area (TPSA) is 201 Å². The third kappa shape index (κ3) is 4.85. The lowest BCUT2D eigenvalue weighted by Crippen LogP contribution is -2.71. The van der Waals surface area contributed by atoms with Gasteiger partial charge in [-0.25, -0.2) is 14.2 Å². The number of amides is 2. The fourth-order valence-electron chi connectivity index (χ4n) is 3.63. The van der Waals surface area contributed by atoms with Gasteiger partial charge in [-0.3, -0.25) is 14.5 Å². The van der Waals surface area contributed by atoms with E-state index in [0.717, 1.165) is 16.4 Å². The largest absolute Gasteiger partial charge is 0.477 e. The molecule has 1 unspecified atom stereocenters. The molecule has 0 bridgehead atoms. The first-order chi connectivity index (χ1) is 17.2. The second kappa shape index (κ2) is 10.3. The molecule has 0 saturated carbocycles. The number of β-lactam (4-membered cyclic amide) rings is 1. The van der Waals surface area contributed by atoms with Gasteiger partial charge in [-0.05, 0) is 13.0 Å². The molecule has 2 aromatic rings. The highest BCUT2D eigenvalue weighted by Crippen LogP contribution is 2.40. The Morgan fingerprint density at radius 3 is 2.78 bits per heavy atom. The number of carbonyl (C=O) groups is 4. The number of fused-ring (bicyclic) bond motifs is 1. The molecular formula is C20H20N7O7S2+. The average molecular weight is 535 g/mol. The molecule has 0 spiro atoms. The summed E-state index contributed by atoms with van der Waals surface area (Å²) in [7, 11) is 0. The predicted octanol–water partition coefficient (Wildman–Crippen LogP) is -0.715. The highest BCUT2D eigenvalue weighted by atomic mass is 32.2. The number of carboxylic acids is 2. The number of aromatic nitrogens is 3. The number of pyridine rings is 1. The van der Waals surface area contributed by atoms with Crippen molar-refractivity contribution in [2.45, 2.75) is 24.9 Å². The van der Waals surface area contributed by atoms with Crippen molar-refractivity contribution >= 4 is 57.9 Å². The Morgan fingerprint density at radius 2 is 2.14 bits per heavy atom. The molecular weight excluding hydrogens is 514 g/mol. The number of nitrogens with two attached hydrogens (primary N) is 1. The molecule has 2 amide bonds. The average Bonchev–Trinajstić information content (AvgIpc) is 3.28. The molecule has 4 heterocycles. The Kier molecular flexibility index (Phi) is 7.16. The Hall–Kier alpha value is -4.05. The van der Waals surface area contributed by atoms with Crippen molar-refractivity contribution in [2.24, 2.45) is 5.16 Å². The van der Waals surface area contributed by atoms with Crippen LogP contribution < -0.4 is 15.6 Å². The van der Waals surface area contributed by atoms with E-state index in [2.05, 4.69) is 19.8 Å². The van der Waals surface area contributed by atoms with Crippen molar-refractivity contribution in [1.82, 2.24) is 19.6 Å². The highest BCUT2D eigenvalue weighted by Gasteiger charge is 2.54. The SMILES string of the molecule is CCON=C(C(=O)NC1C(=O)N2C(C(=O)O)=C(C[n+]3cccc(C(=O)O)c3)CS[C@H]12)c1nsc(N)n1. The van der Waals surface area contributed by atoms with Crippen molar-refractivity contribution in [3.63, 3.8) is 0 Å². The lowest BCUT2D eigenvalue weighted by molar-refractivity contribution is -0.689. The normalized spacial score (nSPS) is 19.4. The van der Waals surface area contributed by atoms with Crippen molar-refractivity contribution in [3.05, 3.63) is 47.2 Å². The molecule has 2 aliphatic heterocycles. The van der Waals surface area contributed by atoms with Gasteiger partial charge in [0.15, 0.2) is 24.1 Å². The van der Waals surface area contributed by atoms with Gasteiger partial charge >= 0.3 is 11.9 Å². The highest BCUT2D eigenvalue weighted by molar-refractivity contribution is 8.00. The van der Waals surface area contributed by atoms with Gasteiger partial charge in [-0.2, -0.15) is 9.36 Å². The number of carboxylic acid groups (broad SMARTS) is 2. The Balaban J connectivity index is 1.54. The molecule has 1 fully saturated rings. The van der Waals surface area contributed by atoms with E-state index in [1.54, 1.807) is 13.1 Å². The first-order valence-corrected chi connectivity index (χ1v) is 12.3. The van der Waals surface area contributed by atoms with E-state index in [9.17, 15) is 29.4 Å². The lowest BCUT2D eigenvalue weighted by Gasteiger charge is -2.49. The third-order valence-corrected chi connectivity index (χ3v) is 7.05. The number of hydrogen-bond donors (Lipinski definition) is 4. The second-order valence-electron chi connectivity index (χ2n) is 7.50. The number of carbonyl (C=O) groups excluding carboxylic acids is 2. The van der Waals surface area contributed by atoms with Crippen molar-refractivity contribution in [3.8, 4) is 0 Å². The maximum Gasteiger partial charge on any atom is 0.352 e. The van der Waals surface area contributed by atoms with E-state index in [1.807, 2.05) is 0 Å². The van der Waals surface area contributed by atoms with Crippen LogP contribution in [0.2, 0.25) is 0 Å². The number of aliphatic carboxylic acids is 1. The number of oxime groups is 1. The number of thioether (sulfide) groups is 1. The van der Waals surface area contributed by atoms with E-state index >= 15 is 0 Å². The van der Waals surface area contributed by atoms with E-state index in [0.29, 0.717) is 5.57 Å². The minimum absolute atomic E-state index is 0.0417. The maximum atomic E-state index is 13.0. The van der Waals surface area contributed by atoms with Crippen LogP contribution in [0.25, 0.3) is 0 Å². The lowest BCUT2D eigenvalue weighted by atomic mass is 10.0. The first kappa shape index (κ1) is 25.1. The summed E-state index contributed by atoms with van der Waals surface area (Å²) in [6, 6.07) is 1.95. The smallest absolute Gasteiger partial charge is 0.352 e. The van der Waals surface area contributed by atoms with Crippen molar-refractivity contribution in [1.29, 1.82) is 0 Å². The van der Waals surface area contributed by atoms with Crippen LogP contribution in [0.5, 0.6) is 0 Å². The summed E-state index contributed by atoms with van der Waals surface area (Å²) >= 11 is 2.14. The summed E-state index contributed by atoms with van der Waals surface area (Å²) in [5, 5.41) is 24.8. The molecule has 16 heteroatoms. The minimum atomic E-state index is -1.30. The standard InChI is InChI=1S/C20H19N7O7S2/c1-2-34-24-11(14-23-20(21)36-25-14)15(28)22-12-16(29)27-13(19(32)33)10(8-35-17(12)27)7-26-5-3-4-9(6-26)18(30)31/h3-6,12,17H,2,7-8H2,1H3,(H4-,21,22,23,25,28,30,31,32,33)/p+1/t12?,17-/m1/s1. The molecule has 0 aliphatic carbocycles. The van der Waals surface area contributed by atoms with Crippen LogP contribution in [0.4, 0.5) is 5.13 Å². The fourth-order valence-corrected chi connectivity index (χ4v) is 5.40. The number of hydrogen-bond acceptors (Lipinski definition) is 11. The summed E-state index contributed by atoms with van der Waals surface area (Å²) in [4.78, 5) is 59.2. The van der Waals surface area contributed by atoms with Crippen LogP contribution in [0.15, 0.2) is 41.0 Å². The minimum Gasteiger partial charge on any atom is -0.477 e. The van der Waals surface area contributed by atoms with Gasteiger partial charge in [0.1, 0.15) is 29.3 Å². The summed E-state index contributed by atoms with van der Waals surface area (Å²) in [6.45, 7) is 1.92. The molecule has 5 N–H and O–H groups in total. The molecule has 0 aromatic carbocycles. The van der Waals surface area contributed by atoms with Crippen molar-refractivity contribution in [2.75, 3.05) is 18.1 Å². The van der Waals surface area contributed by atoms with Crippen LogP contribution >= 0.6 is 23.3 Å². The molecule has 4 rings (SSSR count). The zero-order chi connectivity index (χ0) is 26.0. The Morgan fingerprint density at radius 1 is 1.36 bits per heavy atom. The van der Waals surface area contributed by atoms with Gasteiger partial charge in [0, 0.05) is 28.9 Å². The predicted molar refractivity (Wildman–Crippen MR) is 126 cm³/mol. The maximum absolute atomic E-state index is 13.0. The van der Waals surface area contributed by atoms with E-state index in [1.165, 1.54) is 34.7 Å². The molecule has 14 nitrogen and oxygen atoms in total. The van der Waals surface area contributed by atoms with Crippen molar-refractivity contribution < 1.29 is 38.8 Å². The molecule has 188 valence electrons. The van der Waals surface area contributed by atoms with E-state index in [-0.39, 0.29) is 46.8 Å². The van der Waals surface area contributed by atoms with Crippen LogP contribution in [0.3, 0.4) is 0 Å². The molecule has 2 aliphatic rings. The summed E-state index contributed by atoms with van der Waals surface area (Å²) < 4.78 is 5.49. The Bertz CT molecular complexity index is 1310. The van der Waals surface area contributed by atoms with Gasteiger partial charge in [-0.1, -0.05) is 5.16 Å². The van der Waals surface area contributed by atoms with Gasteiger partial charge in [0.2, 0.25) is 11.5 Å². The monoisotopic (exact) mass is 534 g/mol. The van der Waals surface area contributed by atoms with Crippen LogP contribution in [-0.4, -0.2) is 77.7 Å². The number of nitrogens with one attached hydrogen (secondary N) is 1. The molecule has 0 radical (unpaired) electrons. The van der Waals surface area contributed by atoms with Crippen LogP contribution in [0, 0.1) is 0 Å². The third-order valence-electron chi connectivity index (χ3n) is 5.17. The molecule has 1 saturated heterocycles. The molecule has 36 heavy (non-hydrogen) atoms. The number of rotatable bonds is 9. The van der Waals surface area contributed by atoms with Gasteiger partial charge in [0.25, 0.3) is 11.8 Å². The number of nitrogen functional groups attached to an aromatic ring is 1.